The Morgan fingerprint density at radius 1 is 1.06 bits per heavy atom. The third-order valence-electron chi connectivity index (χ3n) is 5.87. The minimum absolute atomic E-state index is 0.0142. The number of rotatable bonds is 11. The lowest BCUT2D eigenvalue weighted by molar-refractivity contribution is 0.0253. The molecule has 36 heavy (non-hydrogen) atoms. The van der Waals surface area contributed by atoms with Gasteiger partial charge < -0.3 is 28.7 Å². The van der Waals surface area contributed by atoms with E-state index in [2.05, 4.69) is 57.6 Å². The van der Waals surface area contributed by atoms with Crippen LogP contribution in [0, 0.1) is 11.8 Å². The van der Waals surface area contributed by atoms with Crippen LogP contribution in [0.25, 0.3) is 0 Å². The normalized spacial score (nSPS) is 13.6. The Kier molecular flexibility index (Phi) is 11.6. The van der Waals surface area contributed by atoms with Crippen molar-refractivity contribution in [3.05, 3.63) is 36.4 Å². The summed E-state index contributed by atoms with van der Waals surface area (Å²) in [6.45, 7) is 20.6. The number of alkyl carbamates (subject to hydrolysis) is 1. The number of allylic oxidation sites excluding steroid dienone is 1. The van der Waals surface area contributed by atoms with Crippen molar-refractivity contribution >= 4 is 14.4 Å². The van der Waals surface area contributed by atoms with Crippen LogP contribution in [0.15, 0.2) is 30.9 Å². The molecule has 1 aromatic carbocycles. The first-order valence-electron chi connectivity index (χ1n) is 12.1. The van der Waals surface area contributed by atoms with Crippen molar-refractivity contribution in [2.45, 2.75) is 83.8 Å². The minimum Gasteiger partial charge on any atom is -0.493 e. The van der Waals surface area contributed by atoms with Gasteiger partial charge in [-0.25, -0.2) is 4.79 Å². The van der Waals surface area contributed by atoms with Gasteiger partial charge >= 0.3 is 6.09 Å². The fraction of sp³-hybridized carbons (Fsp3) is 0.607. The van der Waals surface area contributed by atoms with E-state index in [0.717, 1.165) is 5.56 Å². The number of benzene rings is 1. The molecule has 0 heterocycles. The molecule has 0 unspecified atom stereocenters. The van der Waals surface area contributed by atoms with Gasteiger partial charge in [0.2, 0.25) is 0 Å². The molecule has 202 valence electrons. The molecule has 1 rings (SSSR count). The van der Waals surface area contributed by atoms with Crippen molar-refractivity contribution in [1.29, 1.82) is 0 Å². The fourth-order valence-electron chi connectivity index (χ4n) is 2.84. The Morgan fingerprint density at radius 2 is 1.69 bits per heavy atom. The highest BCUT2D eigenvalue weighted by molar-refractivity contribution is 6.74. The molecule has 1 aromatic rings. The van der Waals surface area contributed by atoms with Crippen LogP contribution in [0.4, 0.5) is 4.79 Å². The monoisotopic (exact) mass is 519 g/mol. The van der Waals surface area contributed by atoms with Crippen LogP contribution in [-0.4, -0.2) is 53.0 Å². The summed E-state index contributed by atoms with van der Waals surface area (Å²) in [6, 6.07) is 5.59. The summed E-state index contributed by atoms with van der Waals surface area (Å²) in [4.78, 5) is 12.9. The lowest BCUT2D eigenvalue weighted by atomic mass is 10.0. The highest BCUT2D eigenvalue weighted by atomic mass is 28.4. The van der Waals surface area contributed by atoms with Gasteiger partial charge in [0.15, 0.2) is 19.8 Å². The SMILES string of the molecule is C=CCC#C[C@](COCc1ccc(OC)c(OC)c1)(CO[Si](C)(C)C(C)(C)C)NC(=O)OC(C)(C)C. The number of hydrogen-bond donors (Lipinski definition) is 1. The fourth-order valence-corrected chi connectivity index (χ4v) is 3.88. The molecule has 8 heteroatoms. The largest absolute Gasteiger partial charge is 0.493 e. The highest BCUT2D eigenvalue weighted by Crippen LogP contribution is 2.37. The van der Waals surface area contributed by atoms with E-state index in [9.17, 15) is 4.79 Å². The Bertz CT molecular complexity index is 936. The molecular weight excluding hydrogens is 474 g/mol. The van der Waals surface area contributed by atoms with Gasteiger partial charge in [0.25, 0.3) is 0 Å². The van der Waals surface area contributed by atoms with Crippen LogP contribution in [0.5, 0.6) is 11.5 Å². The third kappa shape index (κ3) is 10.3. The molecule has 7 nitrogen and oxygen atoms in total. The summed E-state index contributed by atoms with van der Waals surface area (Å²) in [6.07, 6.45) is 1.60. The summed E-state index contributed by atoms with van der Waals surface area (Å²) in [5.41, 5.74) is -0.883. The second-order valence-corrected chi connectivity index (χ2v) is 16.0. The number of ether oxygens (including phenoxy) is 4. The van der Waals surface area contributed by atoms with Crippen molar-refractivity contribution in [2.24, 2.45) is 0 Å². The van der Waals surface area contributed by atoms with Gasteiger partial charge in [-0.15, -0.1) is 6.58 Å². The van der Waals surface area contributed by atoms with Crippen LogP contribution in [-0.2, 0) is 20.5 Å². The molecule has 0 saturated carbocycles. The van der Waals surface area contributed by atoms with E-state index in [1.54, 1.807) is 20.3 Å². The van der Waals surface area contributed by atoms with Crippen LogP contribution in [0.1, 0.15) is 53.5 Å². The van der Waals surface area contributed by atoms with E-state index in [1.165, 1.54) is 0 Å². The van der Waals surface area contributed by atoms with Crippen molar-refractivity contribution in [3.63, 3.8) is 0 Å². The molecule has 0 aliphatic heterocycles. The summed E-state index contributed by atoms with van der Waals surface area (Å²) in [5.74, 6) is 7.53. The predicted octanol–water partition coefficient (Wildman–Crippen LogP) is 6.09. The van der Waals surface area contributed by atoms with Crippen LogP contribution in [0.3, 0.4) is 0 Å². The summed E-state index contributed by atoms with van der Waals surface area (Å²) in [5, 5.41) is 2.94. The van der Waals surface area contributed by atoms with Crippen molar-refractivity contribution in [3.8, 4) is 23.3 Å². The van der Waals surface area contributed by atoms with E-state index in [0.29, 0.717) is 17.9 Å². The van der Waals surface area contributed by atoms with E-state index < -0.39 is 25.6 Å². The molecule has 0 saturated heterocycles. The van der Waals surface area contributed by atoms with Crippen molar-refractivity contribution < 1.29 is 28.2 Å². The van der Waals surface area contributed by atoms with Gasteiger partial charge in [-0.1, -0.05) is 44.8 Å². The van der Waals surface area contributed by atoms with E-state index >= 15 is 0 Å². The van der Waals surface area contributed by atoms with E-state index in [-0.39, 0.29) is 24.9 Å². The Morgan fingerprint density at radius 3 is 2.22 bits per heavy atom. The second-order valence-electron chi connectivity index (χ2n) is 11.2. The third-order valence-corrected chi connectivity index (χ3v) is 10.3. The predicted molar refractivity (Wildman–Crippen MR) is 147 cm³/mol. The number of hydrogen-bond acceptors (Lipinski definition) is 6. The van der Waals surface area contributed by atoms with E-state index in [4.69, 9.17) is 23.4 Å². The lowest BCUT2D eigenvalue weighted by Gasteiger charge is -2.39. The standard InChI is InChI=1S/C28H45NO6Si/c1-12-13-14-17-28(29-25(30)35-26(2,3)4,21-34-36(10,11)27(5,6)7)20-33-19-22-15-16-23(31-8)24(18-22)32-9/h12,15-16,18H,1,13,19-21H2,2-11H3,(H,29,30)/t28-/m0/s1. The molecule has 0 aliphatic rings. The summed E-state index contributed by atoms with van der Waals surface area (Å²) in [7, 11) is 1.03. The topological polar surface area (TPSA) is 75.3 Å². The molecule has 0 radical (unpaired) electrons. The molecule has 1 N–H and O–H groups in total. The number of methoxy groups -OCH3 is 2. The maximum absolute atomic E-state index is 12.9. The first-order chi connectivity index (χ1) is 16.6. The van der Waals surface area contributed by atoms with Crippen LogP contribution < -0.4 is 14.8 Å². The van der Waals surface area contributed by atoms with E-state index in [1.807, 2.05) is 39.0 Å². The number of carbonyl (C=O) groups excluding carboxylic acids is 1. The van der Waals surface area contributed by atoms with Gasteiger partial charge in [0.1, 0.15) is 11.1 Å². The molecule has 0 bridgehead atoms. The van der Waals surface area contributed by atoms with Crippen LogP contribution in [0.2, 0.25) is 18.1 Å². The minimum atomic E-state index is -2.15. The van der Waals surface area contributed by atoms with Crippen LogP contribution >= 0.6 is 0 Å². The summed E-state index contributed by atoms with van der Waals surface area (Å²) >= 11 is 0. The molecule has 1 amide bonds. The van der Waals surface area contributed by atoms with Gasteiger partial charge in [0.05, 0.1) is 34.0 Å². The molecular formula is C28H45NO6Si. The molecule has 1 atom stereocenters. The summed E-state index contributed by atoms with van der Waals surface area (Å²) < 4.78 is 28.9. The maximum atomic E-state index is 12.9. The highest BCUT2D eigenvalue weighted by Gasteiger charge is 2.41. The Balaban J connectivity index is 3.25. The average Bonchev–Trinajstić information content (AvgIpc) is 2.75. The number of nitrogens with one attached hydrogen (secondary N) is 1. The zero-order valence-corrected chi connectivity index (χ0v) is 24.8. The number of amides is 1. The van der Waals surface area contributed by atoms with Gasteiger partial charge in [0, 0.05) is 6.42 Å². The zero-order chi connectivity index (χ0) is 27.6. The molecule has 0 aliphatic carbocycles. The van der Waals surface area contributed by atoms with Gasteiger partial charge in [-0.05, 0) is 56.6 Å². The van der Waals surface area contributed by atoms with Crippen molar-refractivity contribution in [1.82, 2.24) is 5.32 Å². The maximum Gasteiger partial charge on any atom is 0.409 e. The molecule has 0 fully saturated rings. The first-order valence-corrected chi connectivity index (χ1v) is 15.0. The Hall–Kier alpha value is -2.47. The quantitative estimate of drug-likeness (QED) is 0.217. The Labute approximate surface area is 219 Å². The number of carbonyl (C=O) groups is 1. The zero-order valence-electron chi connectivity index (χ0n) is 23.8. The molecule has 0 aromatic heterocycles. The second kappa shape index (κ2) is 13.2. The lowest BCUT2D eigenvalue weighted by Crippen LogP contribution is -2.57. The van der Waals surface area contributed by atoms with Crippen molar-refractivity contribution in [2.75, 3.05) is 27.4 Å². The average molecular weight is 520 g/mol. The van der Waals surface area contributed by atoms with Gasteiger partial charge in [-0.2, -0.15) is 0 Å². The van der Waals surface area contributed by atoms with Gasteiger partial charge in [-0.3, -0.25) is 0 Å². The smallest absolute Gasteiger partial charge is 0.409 e. The molecule has 0 spiro atoms. The first kappa shape index (κ1) is 31.6.